The molecule has 0 spiro atoms. The quantitative estimate of drug-likeness (QED) is 0.652. The monoisotopic (exact) mass is 395 g/mol. The summed E-state index contributed by atoms with van der Waals surface area (Å²) < 4.78 is 13.8. The normalized spacial score (nSPS) is 15.6. The minimum Gasteiger partial charge on any atom is -0.322 e. The van der Waals surface area contributed by atoms with Crippen LogP contribution in [0.2, 0.25) is 0 Å². The first kappa shape index (κ1) is 16.7. The molecule has 2 nitrogen and oxygen atoms in total. The van der Waals surface area contributed by atoms with Gasteiger partial charge >= 0.3 is 0 Å². The Bertz CT molecular complexity index is 722. The van der Waals surface area contributed by atoms with Gasteiger partial charge in [-0.3, -0.25) is 4.79 Å². The lowest BCUT2D eigenvalue weighted by Crippen LogP contribution is -2.12. The van der Waals surface area contributed by atoms with Gasteiger partial charge in [0.15, 0.2) is 0 Å². The number of carbonyl (C=O) groups excluding carboxylic acids is 1. The Kier molecular flexibility index (Phi) is 5.17. The highest BCUT2D eigenvalue weighted by molar-refractivity contribution is 9.10. The van der Waals surface area contributed by atoms with E-state index in [1.165, 1.54) is 43.0 Å². The van der Waals surface area contributed by atoms with Crippen molar-refractivity contribution < 1.29 is 9.18 Å². The van der Waals surface area contributed by atoms with Crippen LogP contribution >= 0.6 is 27.3 Å². The Balaban J connectivity index is 1.74. The molecule has 5 heteroatoms. The Morgan fingerprint density at radius 1 is 1.26 bits per heavy atom. The van der Waals surface area contributed by atoms with Crippen molar-refractivity contribution in [1.29, 1.82) is 0 Å². The Hall–Kier alpha value is -1.20. The third-order valence-corrected chi connectivity index (χ3v) is 6.11. The number of hydrogen-bond acceptors (Lipinski definition) is 2. The lowest BCUT2D eigenvalue weighted by molar-refractivity contribution is 0.102. The topological polar surface area (TPSA) is 29.1 Å². The van der Waals surface area contributed by atoms with E-state index in [-0.39, 0.29) is 11.7 Å². The van der Waals surface area contributed by atoms with Gasteiger partial charge < -0.3 is 5.32 Å². The molecule has 0 unspecified atom stereocenters. The Morgan fingerprint density at radius 2 is 2.00 bits per heavy atom. The minimum absolute atomic E-state index is 0.134. The van der Waals surface area contributed by atoms with Gasteiger partial charge in [-0.25, -0.2) is 4.39 Å². The number of amides is 1. The molecule has 1 aliphatic rings. The first-order valence-electron chi connectivity index (χ1n) is 7.90. The molecule has 0 aliphatic heterocycles. The summed E-state index contributed by atoms with van der Waals surface area (Å²) in [4.78, 5) is 13.8. The minimum atomic E-state index is -0.324. The highest BCUT2D eigenvalue weighted by Gasteiger charge is 2.19. The number of halogens is 2. The van der Waals surface area contributed by atoms with Gasteiger partial charge in [-0.15, -0.1) is 11.3 Å². The molecule has 0 atom stereocenters. The van der Waals surface area contributed by atoms with Crippen LogP contribution in [0.25, 0.3) is 0 Å². The van der Waals surface area contributed by atoms with Crippen molar-refractivity contribution in [2.24, 2.45) is 0 Å². The number of carbonyl (C=O) groups is 1. The van der Waals surface area contributed by atoms with Gasteiger partial charge in [0.1, 0.15) is 5.82 Å². The van der Waals surface area contributed by atoms with E-state index in [1.54, 1.807) is 24.3 Å². The summed E-state index contributed by atoms with van der Waals surface area (Å²) >= 11 is 4.83. The van der Waals surface area contributed by atoms with Crippen molar-refractivity contribution in [2.45, 2.75) is 44.9 Å². The average molecular weight is 396 g/mol. The summed E-state index contributed by atoms with van der Waals surface area (Å²) in [6.07, 6.45) is 6.35. The van der Waals surface area contributed by atoms with Gasteiger partial charge in [-0.2, -0.15) is 0 Å². The number of benzene rings is 1. The summed E-state index contributed by atoms with van der Waals surface area (Å²) in [5, 5.41) is 4.81. The number of thiophene rings is 1. The Labute approximate surface area is 148 Å². The highest BCUT2D eigenvalue weighted by atomic mass is 79.9. The van der Waals surface area contributed by atoms with Gasteiger partial charge in [0, 0.05) is 15.9 Å². The van der Waals surface area contributed by atoms with Crippen molar-refractivity contribution >= 4 is 38.9 Å². The molecule has 0 saturated heterocycles. The molecule has 122 valence electrons. The SMILES string of the molecule is Cc1cc(F)c(Br)cc1NC(=O)c1csc(C2CCCCC2)c1. The van der Waals surface area contributed by atoms with Gasteiger partial charge in [-0.1, -0.05) is 19.3 Å². The van der Waals surface area contributed by atoms with Crippen LogP contribution < -0.4 is 5.32 Å². The number of nitrogens with one attached hydrogen (secondary N) is 1. The molecule has 1 fully saturated rings. The van der Waals surface area contributed by atoms with E-state index in [2.05, 4.69) is 21.2 Å². The van der Waals surface area contributed by atoms with Crippen LogP contribution in [-0.2, 0) is 0 Å². The highest BCUT2D eigenvalue weighted by Crippen LogP contribution is 2.36. The predicted octanol–water partition coefficient (Wildman–Crippen LogP) is 6.26. The van der Waals surface area contributed by atoms with Crippen LogP contribution in [0.5, 0.6) is 0 Å². The maximum atomic E-state index is 13.5. The van der Waals surface area contributed by atoms with Gasteiger partial charge in [-0.05, 0) is 65.4 Å². The fraction of sp³-hybridized carbons (Fsp3) is 0.389. The molecule has 1 N–H and O–H groups in total. The standard InChI is InChI=1S/C18H19BrFNOS/c1-11-7-15(20)14(19)9-16(11)21-18(22)13-8-17(23-10-13)12-5-3-2-4-6-12/h7-10,12H,2-6H2,1H3,(H,21,22). The lowest BCUT2D eigenvalue weighted by Gasteiger charge is -2.19. The van der Waals surface area contributed by atoms with Crippen molar-refractivity contribution in [3.63, 3.8) is 0 Å². The molecule has 2 aromatic rings. The van der Waals surface area contributed by atoms with E-state index in [1.807, 2.05) is 11.4 Å². The second-order valence-electron chi connectivity index (χ2n) is 6.11. The molecule has 3 rings (SSSR count). The van der Waals surface area contributed by atoms with Crippen molar-refractivity contribution in [2.75, 3.05) is 5.32 Å². The largest absolute Gasteiger partial charge is 0.322 e. The van der Waals surface area contributed by atoms with Crippen LogP contribution in [0.15, 0.2) is 28.1 Å². The molecular weight excluding hydrogens is 377 g/mol. The van der Waals surface area contributed by atoms with E-state index >= 15 is 0 Å². The molecule has 1 aromatic heterocycles. The summed E-state index contributed by atoms with van der Waals surface area (Å²) in [6.45, 7) is 1.78. The number of rotatable bonds is 3. The Morgan fingerprint density at radius 3 is 2.74 bits per heavy atom. The van der Waals surface area contributed by atoms with Crippen LogP contribution in [-0.4, -0.2) is 5.91 Å². The third-order valence-electron chi connectivity index (χ3n) is 4.40. The molecule has 0 radical (unpaired) electrons. The molecule has 1 aliphatic carbocycles. The summed E-state index contributed by atoms with van der Waals surface area (Å²) in [5.41, 5.74) is 2.03. The fourth-order valence-corrected chi connectivity index (χ4v) is 4.45. The van der Waals surface area contributed by atoms with Crippen LogP contribution in [0.3, 0.4) is 0 Å². The zero-order valence-corrected chi connectivity index (χ0v) is 15.4. The molecular formula is C18H19BrFNOS. The van der Waals surface area contributed by atoms with Crippen LogP contribution in [0.1, 0.15) is 58.8 Å². The average Bonchev–Trinajstić information content (AvgIpc) is 3.03. The predicted molar refractivity (Wildman–Crippen MR) is 96.9 cm³/mol. The smallest absolute Gasteiger partial charge is 0.256 e. The second kappa shape index (κ2) is 7.14. The summed E-state index contributed by atoms with van der Waals surface area (Å²) in [7, 11) is 0. The van der Waals surface area contributed by atoms with E-state index in [9.17, 15) is 9.18 Å². The zero-order chi connectivity index (χ0) is 16.4. The first-order valence-corrected chi connectivity index (χ1v) is 9.57. The zero-order valence-electron chi connectivity index (χ0n) is 13.0. The maximum absolute atomic E-state index is 13.5. The first-order chi connectivity index (χ1) is 11.0. The molecule has 1 amide bonds. The van der Waals surface area contributed by atoms with Crippen molar-refractivity contribution in [1.82, 2.24) is 0 Å². The van der Waals surface area contributed by atoms with E-state index in [0.717, 1.165) is 0 Å². The maximum Gasteiger partial charge on any atom is 0.256 e. The number of anilines is 1. The number of hydrogen-bond donors (Lipinski definition) is 1. The molecule has 1 heterocycles. The van der Waals surface area contributed by atoms with E-state index in [4.69, 9.17) is 0 Å². The molecule has 23 heavy (non-hydrogen) atoms. The lowest BCUT2D eigenvalue weighted by atomic mass is 9.88. The summed E-state index contributed by atoms with van der Waals surface area (Å²) in [5.74, 6) is 0.150. The van der Waals surface area contributed by atoms with Crippen LogP contribution in [0, 0.1) is 12.7 Å². The molecule has 1 aromatic carbocycles. The van der Waals surface area contributed by atoms with Gasteiger partial charge in [0.05, 0.1) is 10.0 Å². The molecule has 0 bridgehead atoms. The van der Waals surface area contributed by atoms with Gasteiger partial charge in [0.25, 0.3) is 5.91 Å². The van der Waals surface area contributed by atoms with Crippen molar-refractivity contribution in [3.05, 3.63) is 49.9 Å². The summed E-state index contributed by atoms with van der Waals surface area (Å²) in [6, 6.07) is 5.04. The molecule has 1 saturated carbocycles. The second-order valence-corrected chi connectivity index (χ2v) is 7.91. The third kappa shape index (κ3) is 3.83. The van der Waals surface area contributed by atoms with E-state index in [0.29, 0.717) is 27.2 Å². The van der Waals surface area contributed by atoms with Crippen LogP contribution in [0.4, 0.5) is 10.1 Å². The van der Waals surface area contributed by atoms with Crippen molar-refractivity contribution in [3.8, 4) is 0 Å². The van der Waals surface area contributed by atoms with Gasteiger partial charge in [0.2, 0.25) is 0 Å². The fourth-order valence-electron chi connectivity index (χ4n) is 3.05. The number of aryl methyl sites for hydroxylation is 1. The van der Waals surface area contributed by atoms with E-state index < -0.39 is 0 Å².